The first kappa shape index (κ1) is 14.1. The van der Waals surface area contributed by atoms with Crippen LogP contribution in [0.4, 0.5) is 0 Å². The van der Waals surface area contributed by atoms with Crippen molar-refractivity contribution in [2.75, 3.05) is 7.11 Å². The SMILES string of the molecule is CCn1c(Sc2nc(Cl)c(C(=O)OC)s2)n[nH]c1=O. The number of nitrogens with zero attached hydrogens (tertiary/aromatic N) is 3. The maximum Gasteiger partial charge on any atom is 0.351 e. The molecular formula is C9H9ClN4O3S2. The summed E-state index contributed by atoms with van der Waals surface area (Å²) in [7, 11) is 1.27. The second kappa shape index (κ2) is 5.76. The van der Waals surface area contributed by atoms with E-state index in [9.17, 15) is 9.59 Å². The number of H-pyrrole nitrogens is 1. The zero-order valence-corrected chi connectivity index (χ0v) is 12.4. The molecule has 0 saturated heterocycles. The quantitative estimate of drug-likeness (QED) is 0.861. The Kier molecular flexibility index (Phi) is 4.27. The van der Waals surface area contributed by atoms with Crippen molar-refractivity contribution in [1.29, 1.82) is 0 Å². The van der Waals surface area contributed by atoms with Crippen molar-refractivity contribution in [2.45, 2.75) is 23.0 Å². The highest BCUT2D eigenvalue weighted by molar-refractivity contribution is 8.00. The van der Waals surface area contributed by atoms with Gasteiger partial charge in [-0.2, -0.15) is 0 Å². The zero-order valence-electron chi connectivity index (χ0n) is 9.97. The van der Waals surface area contributed by atoms with E-state index in [0.717, 1.165) is 23.1 Å². The molecule has 1 N–H and O–H groups in total. The number of esters is 1. The fraction of sp³-hybridized carbons (Fsp3) is 0.333. The number of aromatic amines is 1. The average molecular weight is 321 g/mol. The third kappa shape index (κ3) is 2.82. The lowest BCUT2D eigenvalue weighted by atomic mass is 10.6. The number of nitrogens with one attached hydrogen (secondary N) is 1. The maximum atomic E-state index is 11.4. The van der Waals surface area contributed by atoms with E-state index in [-0.39, 0.29) is 15.7 Å². The Labute approximate surface area is 120 Å². The van der Waals surface area contributed by atoms with Crippen LogP contribution < -0.4 is 5.69 Å². The van der Waals surface area contributed by atoms with Gasteiger partial charge in [0.2, 0.25) is 0 Å². The van der Waals surface area contributed by atoms with Gasteiger partial charge in [-0.25, -0.2) is 19.7 Å². The van der Waals surface area contributed by atoms with E-state index >= 15 is 0 Å². The van der Waals surface area contributed by atoms with Crippen LogP contribution in [0.3, 0.4) is 0 Å². The van der Waals surface area contributed by atoms with E-state index in [2.05, 4.69) is 19.9 Å². The molecule has 0 spiro atoms. The number of methoxy groups -OCH3 is 1. The smallest absolute Gasteiger partial charge is 0.351 e. The van der Waals surface area contributed by atoms with Gasteiger partial charge in [0.25, 0.3) is 0 Å². The van der Waals surface area contributed by atoms with Crippen LogP contribution in [0, 0.1) is 0 Å². The Morgan fingerprint density at radius 2 is 2.37 bits per heavy atom. The van der Waals surface area contributed by atoms with Crippen LogP contribution in [-0.4, -0.2) is 32.8 Å². The van der Waals surface area contributed by atoms with E-state index in [1.54, 1.807) is 0 Å². The van der Waals surface area contributed by atoms with Crippen LogP contribution in [0.15, 0.2) is 14.3 Å². The van der Waals surface area contributed by atoms with Gasteiger partial charge >= 0.3 is 11.7 Å². The molecular weight excluding hydrogens is 312 g/mol. The fourth-order valence-electron chi connectivity index (χ4n) is 1.28. The summed E-state index contributed by atoms with van der Waals surface area (Å²) in [5.41, 5.74) is -0.291. The van der Waals surface area contributed by atoms with Crippen molar-refractivity contribution in [3.8, 4) is 0 Å². The summed E-state index contributed by atoms with van der Waals surface area (Å²) in [5.74, 6) is -0.538. The van der Waals surface area contributed by atoms with Crippen LogP contribution >= 0.6 is 34.7 Å². The number of hydrogen-bond acceptors (Lipinski definition) is 7. The molecule has 0 amide bonds. The number of hydrogen-bond donors (Lipinski definition) is 1. The molecule has 0 radical (unpaired) electrons. The summed E-state index contributed by atoms with van der Waals surface area (Å²) in [5, 5.41) is 6.78. The summed E-state index contributed by atoms with van der Waals surface area (Å²) >= 11 is 8.10. The first-order chi connectivity index (χ1) is 9.06. The number of carbonyl (C=O) groups is 1. The van der Waals surface area contributed by atoms with Crippen molar-refractivity contribution < 1.29 is 9.53 Å². The Hall–Kier alpha value is -1.32. The van der Waals surface area contributed by atoms with Gasteiger partial charge in [0, 0.05) is 6.54 Å². The highest BCUT2D eigenvalue weighted by atomic mass is 35.5. The molecule has 2 rings (SSSR count). The molecule has 10 heteroatoms. The molecule has 19 heavy (non-hydrogen) atoms. The van der Waals surface area contributed by atoms with Gasteiger partial charge < -0.3 is 4.74 Å². The number of carbonyl (C=O) groups excluding carboxylic acids is 1. The molecule has 0 aromatic carbocycles. The van der Waals surface area contributed by atoms with Crippen molar-refractivity contribution in [3.63, 3.8) is 0 Å². The topological polar surface area (TPSA) is 89.9 Å². The van der Waals surface area contributed by atoms with Crippen LogP contribution in [0.1, 0.15) is 16.6 Å². The molecule has 0 unspecified atom stereocenters. The summed E-state index contributed by atoms with van der Waals surface area (Å²) in [4.78, 5) is 27.1. The standard InChI is InChI=1S/C9H9ClN4O3S2/c1-3-14-7(16)12-13-8(14)19-9-11-5(10)4(18-9)6(15)17-2/h3H2,1-2H3,(H,12,16). The molecule has 0 bridgehead atoms. The molecule has 0 aliphatic rings. The van der Waals surface area contributed by atoms with Crippen LogP contribution in [0.5, 0.6) is 0 Å². The molecule has 0 atom stereocenters. The summed E-state index contributed by atoms with van der Waals surface area (Å²) in [6.45, 7) is 2.32. The third-order valence-corrected chi connectivity index (χ3v) is 4.63. The van der Waals surface area contributed by atoms with Gasteiger partial charge in [0.15, 0.2) is 19.5 Å². The molecule has 0 saturated carbocycles. The van der Waals surface area contributed by atoms with Crippen LogP contribution in [-0.2, 0) is 11.3 Å². The molecule has 0 aliphatic carbocycles. The normalized spacial score (nSPS) is 10.7. The van der Waals surface area contributed by atoms with E-state index < -0.39 is 5.97 Å². The molecule has 7 nitrogen and oxygen atoms in total. The van der Waals surface area contributed by atoms with E-state index in [4.69, 9.17) is 11.6 Å². The monoisotopic (exact) mass is 320 g/mol. The largest absolute Gasteiger partial charge is 0.465 e. The Morgan fingerprint density at radius 3 is 3.00 bits per heavy atom. The predicted octanol–water partition coefficient (Wildman–Crippen LogP) is 1.64. The van der Waals surface area contributed by atoms with E-state index in [1.807, 2.05) is 6.92 Å². The Morgan fingerprint density at radius 1 is 1.63 bits per heavy atom. The zero-order chi connectivity index (χ0) is 14.0. The highest BCUT2D eigenvalue weighted by Gasteiger charge is 2.19. The van der Waals surface area contributed by atoms with Gasteiger partial charge in [-0.15, -0.1) is 5.10 Å². The minimum absolute atomic E-state index is 0.0836. The Bertz CT molecular complexity index is 663. The van der Waals surface area contributed by atoms with Crippen molar-refractivity contribution in [3.05, 3.63) is 20.5 Å². The number of rotatable bonds is 4. The molecule has 2 aromatic rings. The van der Waals surface area contributed by atoms with Crippen LogP contribution in [0.2, 0.25) is 5.15 Å². The first-order valence-electron chi connectivity index (χ1n) is 5.14. The first-order valence-corrected chi connectivity index (χ1v) is 7.15. The van der Waals surface area contributed by atoms with Gasteiger partial charge in [-0.1, -0.05) is 22.9 Å². The number of ether oxygens (including phenoxy) is 1. The van der Waals surface area contributed by atoms with Crippen LogP contribution in [0.25, 0.3) is 0 Å². The average Bonchev–Trinajstić information content (AvgIpc) is 2.92. The second-order valence-electron chi connectivity index (χ2n) is 3.25. The lowest BCUT2D eigenvalue weighted by Gasteiger charge is -1.98. The molecule has 102 valence electrons. The summed E-state index contributed by atoms with van der Waals surface area (Å²) in [6.07, 6.45) is 0. The molecule has 2 heterocycles. The number of aromatic nitrogens is 4. The molecule has 2 aromatic heterocycles. The number of halogens is 1. The fourth-order valence-corrected chi connectivity index (χ4v) is 3.62. The second-order valence-corrected chi connectivity index (χ2v) is 5.82. The number of thiazole rings is 1. The van der Waals surface area contributed by atoms with Crippen molar-refractivity contribution in [2.24, 2.45) is 0 Å². The maximum absolute atomic E-state index is 11.4. The molecule has 0 aliphatic heterocycles. The Balaban J connectivity index is 2.29. The lowest BCUT2D eigenvalue weighted by molar-refractivity contribution is 0.0606. The predicted molar refractivity (Wildman–Crippen MR) is 71.1 cm³/mol. The van der Waals surface area contributed by atoms with E-state index in [1.165, 1.54) is 11.7 Å². The highest BCUT2D eigenvalue weighted by Crippen LogP contribution is 2.33. The van der Waals surface area contributed by atoms with E-state index in [0.29, 0.717) is 16.0 Å². The summed E-state index contributed by atoms with van der Waals surface area (Å²) in [6, 6.07) is 0. The summed E-state index contributed by atoms with van der Waals surface area (Å²) < 4.78 is 6.56. The minimum Gasteiger partial charge on any atom is -0.465 e. The third-order valence-electron chi connectivity index (χ3n) is 2.16. The van der Waals surface area contributed by atoms with Crippen molar-refractivity contribution >= 4 is 40.7 Å². The van der Waals surface area contributed by atoms with Gasteiger partial charge in [-0.3, -0.25) is 4.57 Å². The van der Waals surface area contributed by atoms with Gasteiger partial charge in [-0.05, 0) is 18.7 Å². The van der Waals surface area contributed by atoms with Gasteiger partial charge in [0.05, 0.1) is 7.11 Å². The van der Waals surface area contributed by atoms with Crippen molar-refractivity contribution in [1.82, 2.24) is 19.7 Å². The van der Waals surface area contributed by atoms with Gasteiger partial charge in [0.1, 0.15) is 0 Å². The minimum atomic E-state index is -0.538. The lowest BCUT2D eigenvalue weighted by Crippen LogP contribution is -2.15. The molecule has 0 fully saturated rings.